The Morgan fingerprint density at radius 2 is 1.95 bits per heavy atom. The summed E-state index contributed by atoms with van der Waals surface area (Å²) < 4.78 is 7.27. The number of nitrogens with one attached hydrogen (secondary N) is 2. The number of thiophene rings is 1. The van der Waals surface area contributed by atoms with Crippen molar-refractivity contribution in [1.29, 1.82) is 10.5 Å². The summed E-state index contributed by atoms with van der Waals surface area (Å²) in [6, 6.07) is 15.3. The number of amides is 1. The van der Waals surface area contributed by atoms with E-state index in [0.717, 1.165) is 39.6 Å². The third-order valence-electron chi connectivity index (χ3n) is 6.22. The van der Waals surface area contributed by atoms with Crippen molar-refractivity contribution in [1.82, 2.24) is 4.98 Å². The predicted molar refractivity (Wildman–Crippen MR) is 170 cm³/mol. The number of methoxy groups -OCH3 is 1. The Labute approximate surface area is 256 Å². The largest absolute Gasteiger partial charge is 0.495 e. The number of hydrogen-bond acceptors (Lipinski definition) is 10. The molecule has 2 N–H and O–H groups in total. The molecule has 0 fully saturated rings. The average Bonchev–Trinajstić information content (AvgIpc) is 3.51. The van der Waals surface area contributed by atoms with E-state index in [1.165, 1.54) is 29.6 Å². The molecule has 2 aromatic carbocycles. The van der Waals surface area contributed by atoms with Crippen LogP contribution in [0.15, 0.2) is 46.6 Å². The summed E-state index contributed by atoms with van der Waals surface area (Å²) in [4.78, 5) is 16.9. The van der Waals surface area contributed by atoms with Gasteiger partial charge in [-0.3, -0.25) is 4.79 Å². The Balaban J connectivity index is 1.73. The Kier molecular flexibility index (Phi) is 10.3. The van der Waals surface area contributed by atoms with Crippen molar-refractivity contribution in [3.05, 3.63) is 56.2 Å². The highest BCUT2D eigenvalue weighted by molar-refractivity contribution is 7.18. The number of anilines is 2. The SMILES string of the molecule is CCCCC(C)Nc1cc(NC(C)=O)c(/N=N/c2nc(Cl)c(/C=c3\sc4ccccc4c3=C(C#N)C#N)s2)cc1OC. The molecule has 42 heavy (non-hydrogen) atoms. The number of nitriles is 2. The van der Waals surface area contributed by atoms with Crippen molar-refractivity contribution in [2.75, 3.05) is 17.7 Å². The lowest BCUT2D eigenvalue weighted by Crippen LogP contribution is -2.21. The van der Waals surface area contributed by atoms with Crippen molar-refractivity contribution >= 4 is 84.1 Å². The van der Waals surface area contributed by atoms with Crippen LogP contribution in [-0.4, -0.2) is 24.0 Å². The molecule has 0 saturated heterocycles. The maximum absolute atomic E-state index is 12.0. The molecule has 1 amide bonds. The first-order valence-electron chi connectivity index (χ1n) is 13.2. The Morgan fingerprint density at radius 3 is 2.64 bits per heavy atom. The maximum Gasteiger partial charge on any atom is 0.231 e. The predicted octanol–water partition coefficient (Wildman–Crippen LogP) is 7.41. The van der Waals surface area contributed by atoms with Gasteiger partial charge in [-0.2, -0.15) is 10.5 Å². The Hall–Kier alpha value is -4.29. The molecule has 0 saturated carbocycles. The van der Waals surface area contributed by atoms with Gasteiger partial charge in [0.05, 0.1) is 23.4 Å². The van der Waals surface area contributed by atoms with Gasteiger partial charge < -0.3 is 15.4 Å². The second-order valence-electron chi connectivity index (χ2n) is 9.37. The number of aromatic nitrogens is 1. The van der Waals surface area contributed by atoms with Crippen molar-refractivity contribution in [2.24, 2.45) is 10.2 Å². The smallest absolute Gasteiger partial charge is 0.231 e. The van der Waals surface area contributed by atoms with Gasteiger partial charge in [0, 0.05) is 38.9 Å². The molecule has 4 rings (SSSR count). The van der Waals surface area contributed by atoms with E-state index in [1.54, 1.807) is 25.3 Å². The van der Waals surface area contributed by atoms with Crippen molar-refractivity contribution < 1.29 is 9.53 Å². The summed E-state index contributed by atoms with van der Waals surface area (Å²) in [6.45, 7) is 5.68. The number of hydrogen-bond donors (Lipinski definition) is 2. The summed E-state index contributed by atoms with van der Waals surface area (Å²) in [5.74, 6) is 0.313. The van der Waals surface area contributed by atoms with Crippen LogP contribution in [0.2, 0.25) is 5.15 Å². The number of carbonyl (C=O) groups is 1. The maximum atomic E-state index is 12.0. The standard InChI is InChI=1S/C30H28ClN7O2S2/c1-5-6-9-17(2)34-23-12-21(35-18(3)39)22(13-24(23)40-4)37-38-30-36-29(31)27(42-30)14-26-28(19(15-32)16-33)20-10-7-8-11-25(20)41-26/h7-8,10-14,17,34H,5-6,9H2,1-4H3,(H,35,39)/b26-14-,38-37+. The minimum atomic E-state index is -0.249. The molecule has 9 nitrogen and oxygen atoms in total. The van der Waals surface area contributed by atoms with E-state index in [1.807, 2.05) is 36.4 Å². The van der Waals surface area contributed by atoms with Crippen LogP contribution in [0.25, 0.3) is 21.7 Å². The number of halogens is 1. The van der Waals surface area contributed by atoms with Crippen molar-refractivity contribution in [2.45, 2.75) is 46.1 Å². The second-order valence-corrected chi connectivity index (χ2v) is 11.8. The van der Waals surface area contributed by atoms with E-state index in [0.29, 0.717) is 32.4 Å². The lowest BCUT2D eigenvalue weighted by Gasteiger charge is -2.19. The molecule has 0 bridgehead atoms. The third-order valence-corrected chi connectivity index (χ3v) is 8.63. The third kappa shape index (κ3) is 7.12. The molecule has 12 heteroatoms. The fraction of sp³-hybridized carbons (Fsp3) is 0.267. The lowest BCUT2D eigenvalue weighted by molar-refractivity contribution is -0.114. The van der Waals surface area contributed by atoms with Crippen LogP contribution in [0.4, 0.5) is 22.2 Å². The quantitative estimate of drug-likeness (QED) is 0.178. The Morgan fingerprint density at radius 1 is 1.19 bits per heavy atom. The minimum Gasteiger partial charge on any atom is -0.495 e. The highest BCUT2D eigenvalue weighted by Gasteiger charge is 2.15. The first-order valence-corrected chi connectivity index (χ1v) is 15.2. The van der Waals surface area contributed by atoms with E-state index >= 15 is 0 Å². The molecule has 0 aliphatic rings. The van der Waals surface area contributed by atoms with Gasteiger partial charge in [-0.05, 0) is 31.6 Å². The van der Waals surface area contributed by atoms with Crippen LogP contribution < -0.4 is 25.1 Å². The van der Waals surface area contributed by atoms with Crippen LogP contribution >= 0.6 is 34.3 Å². The van der Waals surface area contributed by atoms with Crippen LogP contribution in [-0.2, 0) is 4.79 Å². The molecule has 0 aliphatic carbocycles. The highest BCUT2D eigenvalue weighted by atomic mass is 35.5. The first kappa shape index (κ1) is 30.7. The number of carbonyl (C=O) groups excluding carboxylic acids is 1. The number of fused-ring (bicyclic) bond motifs is 1. The molecular weight excluding hydrogens is 590 g/mol. The summed E-state index contributed by atoms with van der Waals surface area (Å²) >= 11 is 9.14. The van der Waals surface area contributed by atoms with Crippen LogP contribution in [0.5, 0.6) is 5.75 Å². The normalized spacial score (nSPS) is 12.2. The van der Waals surface area contributed by atoms with E-state index < -0.39 is 0 Å². The van der Waals surface area contributed by atoms with Gasteiger partial charge in [0.25, 0.3) is 0 Å². The molecule has 2 aromatic heterocycles. The minimum absolute atomic E-state index is 0.0244. The zero-order chi connectivity index (χ0) is 30.2. The van der Waals surface area contributed by atoms with E-state index in [-0.39, 0.29) is 22.7 Å². The van der Waals surface area contributed by atoms with Gasteiger partial charge in [-0.15, -0.1) is 21.6 Å². The molecule has 0 radical (unpaired) electrons. The molecule has 2 heterocycles. The summed E-state index contributed by atoms with van der Waals surface area (Å²) in [5, 5.41) is 36.0. The van der Waals surface area contributed by atoms with Crippen LogP contribution in [0.1, 0.15) is 44.9 Å². The molecule has 0 aliphatic heterocycles. The zero-order valence-electron chi connectivity index (χ0n) is 23.5. The number of unbranched alkanes of at least 4 members (excludes halogenated alkanes) is 1. The van der Waals surface area contributed by atoms with E-state index in [4.69, 9.17) is 16.3 Å². The second kappa shape index (κ2) is 14.1. The molecular formula is C30H28ClN7O2S2. The number of ether oxygens (including phenoxy) is 1. The van der Waals surface area contributed by atoms with E-state index in [9.17, 15) is 15.3 Å². The Bertz CT molecular complexity index is 1850. The molecule has 1 atom stereocenters. The fourth-order valence-electron chi connectivity index (χ4n) is 4.28. The molecule has 4 aromatic rings. The fourth-order valence-corrected chi connectivity index (χ4v) is 6.53. The number of rotatable bonds is 10. The van der Waals surface area contributed by atoms with Gasteiger partial charge in [0.15, 0.2) is 0 Å². The van der Waals surface area contributed by atoms with Crippen LogP contribution in [0.3, 0.4) is 0 Å². The number of nitrogens with zero attached hydrogens (tertiary/aromatic N) is 5. The van der Waals surface area contributed by atoms with Gasteiger partial charge in [-0.25, -0.2) is 4.98 Å². The summed E-state index contributed by atoms with van der Waals surface area (Å²) in [5.41, 5.74) is 1.62. The highest BCUT2D eigenvalue weighted by Crippen LogP contribution is 2.39. The summed E-state index contributed by atoms with van der Waals surface area (Å²) in [7, 11) is 1.57. The zero-order valence-corrected chi connectivity index (χ0v) is 25.9. The summed E-state index contributed by atoms with van der Waals surface area (Å²) in [6.07, 6.45) is 5.00. The topological polar surface area (TPSA) is 136 Å². The molecule has 1 unspecified atom stereocenters. The van der Waals surface area contributed by atoms with E-state index in [2.05, 4.69) is 39.7 Å². The number of azo groups is 1. The van der Waals surface area contributed by atoms with Gasteiger partial charge >= 0.3 is 0 Å². The first-order chi connectivity index (χ1) is 20.3. The average molecular weight is 618 g/mol. The van der Waals surface area contributed by atoms with Crippen molar-refractivity contribution in [3.63, 3.8) is 0 Å². The number of thiazole rings is 1. The molecule has 0 spiro atoms. The van der Waals surface area contributed by atoms with Crippen molar-refractivity contribution in [3.8, 4) is 17.9 Å². The van der Waals surface area contributed by atoms with Gasteiger partial charge in [0.2, 0.25) is 11.0 Å². The number of benzene rings is 2. The monoisotopic (exact) mass is 617 g/mol. The molecule has 214 valence electrons. The lowest BCUT2D eigenvalue weighted by atomic mass is 10.1. The van der Waals surface area contributed by atoms with Gasteiger partial charge in [-0.1, -0.05) is 60.9 Å². The van der Waals surface area contributed by atoms with Gasteiger partial charge in [0.1, 0.15) is 34.3 Å². The van der Waals surface area contributed by atoms with Crippen LogP contribution in [0, 0.1) is 22.7 Å².